The summed E-state index contributed by atoms with van der Waals surface area (Å²) in [7, 11) is 1.72. The first-order chi connectivity index (χ1) is 9.19. The van der Waals surface area contributed by atoms with Crippen molar-refractivity contribution in [2.45, 2.75) is 24.3 Å². The van der Waals surface area contributed by atoms with Crippen LogP contribution in [-0.4, -0.2) is 42.0 Å². The molecule has 0 saturated carbocycles. The summed E-state index contributed by atoms with van der Waals surface area (Å²) in [6, 6.07) is 6.29. The summed E-state index contributed by atoms with van der Waals surface area (Å²) in [4.78, 5) is 7.96. The second-order valence-corrected chi connectivity index (χ2v) is 6.12. The normalized spacial score (nSPS) is 13.0. The number of methoxy groups -OCH3 is 1. The van der Waals surface area contributed by atoms with Crippen LogP contribution in [0.15, 0.2) is 23.4 Å². The van der Waals surface area contributed by atoms with Gasteiger partial charge in [-0.25, -0.2) is 4.98 Å². The maximum atomic E-state index is 5.01. The number of rotatable bonds is 7. The number of ether oxygens (including phenoxy) is 1. The number of imidazole rings is 1. The predicted octanol–water partition coefficient (Wildman–Crippen LogP) is 2.59. The van der Waals surface area contributed by atoms with Crippen LogP contribution in [0.25, 0.3) is 11.0 Å². The average Bonchev–Trinajstić information content (AvgIpc) is 2.76. The summed E-state index contributed by atoms with van der Waals surface area (Å²) in [6.45, 7) is 6.88. The highest BCUT2D eigenvalue weighted by molar-refractivity contribution is 7.99. The van der Waals surface area contributed by atoms with Crippen molar-refractivity contribution in [2.75, 3.05) is 26.8 Å². The van der Waals surface area contributed by atoms with Gasteiger partial charge in [0, 0.05) is 25.4 Å². The minimum atomic E-state index is 0.471. The van der Waals surface area contributed by atoms with E-state index >= 15 is 0 Å². The molecule has 2 N–H and O–H groups in total. The fourth-order valence-corrected chi connectivity index (χ4v) is 2.77. The highest BCUT2D eigenvalue weighted by atomic mass is 32.2. The van der Waals surface area contributed by atoms with Crippen LogP contribution in [0.4, 0.5) is 0 Å². The molecule has 0 fully saturated rings. The Hall–Kier alpha value is -1.04. The summed E-state index contributed by atoms with van der Waals surface area (Å²) < 4.78 is 5.01. The molecule has 1 aromatic heterocycles. The van der Waals surface area contributed by atoms with E-state index in [0.717, 1.165) is 35.9 Å². The summed E-state index contributed by atoms with van der Waals surface area (Å²) in [5, 5.41) is 4.82. The molecule has 1 aromatic carbocycles. The SMILES string of the molecule is COCCNCC(C)Sc1nc2ccc(C)cc2[nH]1. The first-order valence-electron chi connectivity index (χ1n) is 6.51. The number of fused-ring (bicyclic) bond motifs is 1. The Morgan fingerprint density at radius 3 is 3.11 bits per heavy atom. The van der Waals surface area contributed by atoms with Crippen molar-refractivity contribution in [1.29, 1.82) is 0 Å². The highest BCUT2D eigenvalue weighted by Crippen LogP contribution is 2.23. The smallest absolute Gasteiger partial charge is 0.166 e. The van der Waals surface area contributed by atoms with Gasteiger partial charge < -0.3 is 15.0 Å². The minimum Gasteiger partial charge on any atom is -0.383 e. The lowest BCUT2D eigenvalue weighted by Gasteiger charge is -2.10. The zero-order valence-electron chi connectivity index (χ0n) is 11.7. The van der Waals surface area contributed by atoms with E-state index in [2.05, 4.69) is 47.3 Å². The third-order valence-electron chi connectivity index (χ3n) is 2.84. The van der Waals surface area contributed by atoms with Crippen LogP contribution in [0.1, 0.15) is 12.5 Å². The van der Waals surface area contributed by atoms with E-state index in [-0.39, 0.29) is 0 Å². The van der Waals surface area contributed by atoms with Crippen LogP contribution in [0.2, 0.25) is 0 Å². The van der Waals surface area contributed by atoms with Crippen LogP contribution in [0.5, 0.6) is 0 Å². The second kappa shape index (κ2) is 6.93. The van der Waals surface area contributed by atoms with Gasteiger partial charge in [0.05, 0.1) is 17.6 Å². The molecule has 2 aromatic rings. The summed E-state index contributed by atoms with van der Waals surface area (Å²) in [6.07, 6.45) is 0. The molecule has 1 atom stereocenters. The number of H-pyrrole nitrogens is 1. The molecule has 1 unspecified atom stereocenters. The first kappa shape index (κ1) is 14.4. The monoisotopic (exact) mass is 279 g/mol. The Kier molecular flexibility index (Phi) is 5.24. The molecule has 19 heavy (non-hydrogen) atoms. The largest absolute Gasteiger partial charge is 0.383 e. The van der Waals surface area contributed by atoms with E-state index in [1.807, 2.05) is 0 Å². The number of aromatic amines is 1. The van der Waals surface area contributed by atoms with E-state index in [9.17, 15) is 0 Å². The summed E-state index contributed by atoms with van der Waals surface area (Å²) >= 11 is 1.76. The van der Waals surface area contributed by atoms with Gasteiger partial charge >= 0.3 is 0 Å². The van der Waals surface area contributed by atoms with Crippen molar-refractivity contribution in [3.05, 3.63) is 23.8 Å². The molecule has 0 amide bonds. The van der Waals surface area contributed by atoms with Gasteiger partial charge in [-0.2, -0.15) is 0 Å². The van der Waals surface area contributed by atoms with Gasteiger partial charge in [-0.15, -0.1) is 0 Å². The average molecular weight is 279 g/mol. The van der Waals surface area contributed by atoms with Crippen LogP contribution < -0.4 is 5.32 Å². The molecule has 0 spiro atoms. The highest BCUT2D eigenvalue weighted by Gasteiger charge is 2.08. The molecular weight excluding hydrogens is 258 g/mol. The third kappa shape index (κ3) is 4.23. The lowest BCUT2D eigenvalue weighted by molar-refractivity contribution is 0.199. The zero-order chi connectivity index (χ0) is 13.7. The van der Waals surface area contributed by atoms with Gasteiger partial charge in [0.15, 0.2) is 5.16 Å². The molecule has 2 rings (SSSR count). The fourth-order valence-electron chi connectivity index (χ4n) is 1.87. The third-order valence-corrected chi connectivity index (χ3v) is 3.83. The second-order valence-electron chi connectivity index (χ2n) is 4.69. The number of nitrogens with zero attached hydrogens (tertiary/aromatic N) is 1. The fraction of sp³-hybridized carbons (Fsp3) is 0.500. The Morgan fingerprint density at radius 2 is 2.32 bits per heavy atom. The van der Waals surface area contributed by atoms with Crippen LogP contribution in [0, 0.1) is 6.92 Å². The number of aromatic nitrogens is 2. The molecule has 0 aliphatic carbocycles. The molecule has 1 heterocycles. The predicted molar refractivity (Wildman–Crippen MR) is 80.9 cm³/mol. The standard InChI is InChI=1S/C14H21N3OS/c1-10-4-5-12-13(8-10)17-14(16-12)19-11(2)9-15-6-7-18-3/h4-5,8,11,15H,6-7,9H2,1-3H3,(H,16,17). The molecule has 0 saturated heterocycles. The van der Waals surface area contributed by atoms with E-state index in [0.29, 0.717) is 5.25 Å². The van der Waals surface area contributed by atoms with Crippen molar-refractivity contribution in [1.82, 2.24) is 15.3 Å². The molecule has 5 heteroatoms. The molecule has 4 nitrogen and oxygen atoms in total. The van der Waals surface area contributed by atoms with Gasteiger partial charge in [-0.1, -0.05) is 24.8 Å². The van der Waals surface area contributed by atoms with E-state index in [1.165, 1.54) is 5.56 Å². The van der Waals surface area contributed by atoms with Gasteiger partial charge in [0.25, 0.3) is 0 Å². The van der Waals surface area contributed by atoms with Gasteiger partial charge in [0.1, 0.15) is 0 Å². The topological polar surface area (TPSA) is 49.9 Å². The molecule has 0 aliphatic rings. The number of thioether (sulfide) groups is 1. The maximum Gasteiger partial charge on any atom is 0.166 e. The Bertz CT molecular complexity index is 526. The quantitative estimate of drug-likeness (QED) is 0.604. The van der Waals surface area contributed by atoms with Crippen molar-refractivity contribution in [3.63, 3.8) is 0 Å². The van der Waals surface area contributed by atoms with Crippen molar-refractivity contribution in [3.8, 4) is 0 Å². The lowest BCUT2D eigenvalue weighted by Crippen LogP contribution is -2.26. The number of nitrogens with one attached hydrogen (secondary N) is 2. The Labute approximate surface area is 118 Å². The van der Waals surface area contributed by atoms with Crippen molar-refractivity contribution in [2.24, 2.45) is 0 Å². The summed E-state index contributed by atoms with van der Waals surface area (Å²) in [5.74, 6) is 0. The minimum absolute atomic E-state index is 0.471. The van der Waals surface area contributed by atoms with Crippen molar-refractivity contribution >= 4 is 22.8 Å². The van der Waals surface area contributed by atoms with Gasteiger partial charge in [0.2, 0.25) is 0 Å². The van der Waals surface area contributed by atoms with E-state index in [4.69, 9.17) is 4.74 Å². The molecule has 0 radical (unpaired) electrons. The zero-order valence-corrected chi connectivity index (χ0v) is 12.5. The number of hydrogen-bond acceptors (Lipinski definition) is 4. The van der Waals surface area contributed by atoms with Gasteiger partial charge in [-0.3, -0.25) is 0 Å². The summed E-state index contributed by atoms with van der Waals surface area (Å²) in [5.41, 5.74) is 3.40. The molecule has 0 aliphatic heterocycles. The molecule has 104 valence electrons. The molecular formula is C14H21N3OS. The van der Waals surface area contributed by atoms with Crippen LogP contribution >= 0.6 is 11.8 Å². The number of hydrogen-bond donors (Lipinski definition) is 2. The van der Waals surface area contributed by atoms with Crippen LogP contribution in [-0.2, 0) is 4.74 Å². The first-order valence-corrected chi connectivity index (χ1v) is 7.39. The van der Waals surface area contributed by atoms with E-state index < -0.39 is 0 Å². The number of aryl methyl sites for hydroxylation is 1. The van der Waals surface area contributed by atoms with Crippen molar-refractivity contribution < 1.29 is 4.74 Å². The Balaban J connectivity index is 1.89. The van der Waals surface area contributed by atoms with Crippen LogP contribution in [0.3, 0.4) is 0 Å². The van der Waals surface area contributed by atoms with E-state index in [1.54, 1.807) is 18.9 Å². The maximum absolute atomic E-state index is 5.01. The number of benzene rings is 1. The molecule has 0 bridgehead atoms. The Morgan fingerprint density at radius 1 is 1.47 bits per heavy atom. The lowest BCUT2D eigenvalue weighted by atomic mass is 10.2. The van der Waals surface area contributed by atoms with Gasteiger partial charge in [-0.05, 0) is 24.6 Å².